The Balaban J connectivity index is 1.57. The van der Waals surface area contributed by atoms with Crippen LogP contribution in [0.1, 0.15) is 30.9 Å². The number of hydrogen-bond donors (Lipinski definition) is 1. The second-order valence-corrected chi connectivity index (χ2v) is 7.21. The van der Waals surface area contributed by atoms with Gasteiger partial charge in [-0.1, -0.05) is 6.07 Å². The highest BCUT2D eigenvalue weighted by Crippen LogP contribution is 2.34. The van der Waals surface area contributed by atoms with Crippen LogP contribution in [0.2, 0.25) is 0 Å². The van der Waals surface area contributed by atoms with E-state index in [0.717, 1.165) is 5.56 Å². The van der Waals surface area contributed by atoms with Crippen LogP contribution in [0, 0.1) is 0 Å². The molecule has 0 aromatic heterocycles. The third-order valence-electron chi connectivity index (χ3n) is 5.40. The zero-order chi connectivity index (χ0) is 19.6. The van der Waals surface area contributed by atoms with Crippen molar-refractivity contribution in [3.05, 3.63) is 23.8 Å². The van der Waals surface area contributed by atoms with Crippen LogP contribution < -0.4 is 15.2 Å². The van der Waals surface area contributed by atoms with Gasteiger partial charge in [0, 0.05) is 45.4 Å². The van der Waals surface area contributed by atoms with E-state index in [4.69, 9.17) is 19.9 Å². The average Bonchev–Trinajstić information content (AvgIpc) is 2.94. The molecule has 2 fully saturated rings. The number of likely N-dealkylation sites (tertiary alicyclic amines) is 1. The van der Waals surface area contributed by atoms with E-state index in [1.165, 1.54) is 0 Å². The van der Waals surface area contributed by atoms with Crippen molar-refractivity contribution < 1.29 is 23.8 Å². The summed E-state index contributed by atoms with van der Waals surface area (Å²) in [6, 6.07) is 5.01. The van der Waals surface area contributed by atoms with Gasteiger partial charge in [0.25, 0.3) is 0 Å². The Kier molecular flexibility index (Phi) is 5.46. The lowest BCUT2D eigenvalue weighted by Gasteiger charge is -2.37. The van der Waals surface area contributed by atoms with Gasteiger partial charge in [-0.25, -0.2) is 4.79 Å². The highest BCUT2D eigenvalue weighted by Gasteiger charge is 2.46. The number of hydrogen-bond acceptors (Lipinski definition) is 6. The number of amides is 2. The average molecular weight is 377 g/mol. The highest BCUT2D eigenvalue weighted by atomic mass is 16.6. The van der Waals surface area contributed by atoms with Gasteiger partial charge in [-0.3, -0.25) is 4.79 Å². The minimum Gasteiger partial charge on any atom is -0.493 e. The maximum Gasteiger partial charge on any atom is 0.410 e. The predicted molar refractivity (Wildman–Crippen MR) is 98.7 cm³/mol. The number of carbonyl (C=O) groups is 2. The SMILES string of the molecule is COc1ccc(C(N)CC(=O)N2CCC3(CC2)CN(C)C(=O)O3)cc1OC. The minimum atomic E-state index is -0.450. The molecule has 2 aliphatic rings. The zero-order valence-corrected chi connectivity index (χ0v) is 16.1. The minimum absolute atomic E-state index is 0.00446. The number of ether oxygens (including phenoxy) is 3. The van der Waals surface area contributed by atoms with Gasteiger partial charge in [-0.05, 0) is 17.7 Å². The number of carbonyl (C=O) groups excluding carboxylic acids is 2. The van der Waals surface area contributed by atoms with E-state index in [-0.39, 0.29) is 18.4 Å². The molecule has 1 atom stereocenters. The lowest BCUT2D eigenvalue weighted by molar-refractivity contribution is -0.135. The molecule has 3 rings (SSSR count). The first-order chi connectivity index (χ1) is 12.9. The summed E-state index contributed by atoms with van der Waals surface area (Å²) >= 11 is 0. The van der Waals surface area contributed by atoms with E-state index in [9.17, 15) is 9.59 Å². The number of methoxy groups -OCH3 is 2. The fourth-order valence-corrected chi connectivity index (χ4v) is 3.73. The standard InChI is InChI=1S/C19H27N3O5/c1-21-12-19(27-18(21)24)6-8-22(9-7-19)17(23)11-14(20)13-4-5-15(25-2)16(10-13)26-3/h4-5,10,14H,6-9,11-12,20H2,1-3H3. The van der Waals surface area contributed by atoms with Crippen LogP contribution in [-0.2, 0) is 9.53 Å². The maximum absolute atomic E-state index is 12.7. The quantitative estimate of drug-likeness (QED) is 0.836. The molecule has 2 amide bonds. The molecule has 0 aliphatic carbocycles. The van der Waals surface area contributed by atoms with E-state index < -0.39 is 11.6 Å². The van der Waals surface area contributed by atoms with Gasteiger partial charge < -0.3 is 29.7 Å². The molecule has 0 bridgehead atoms. The van der Waals surface area contributed by atoms with Crippen molar-refractivity contribution in [2.24, 2.45) is 5.73 Å². The predicted octanol–water partition coefficient (Wildman–Crippen LogP) is 1.54. The topological polar surface area (TPSA) is 94.3 Å². The number of piperidine rings is 1. The van der Waals surface area contributed by atoms with Crippen molar-refractivity contribution in [3.8, 4) is 11.5 Å². The van der Waals surface area contributed by atoms with E-state index in [2.05, 4.69) is 0 Å². The Morgan fingerprint density at radius 3 is 2.48 bits per heavy atom. The van der Waals surface area contributed by atoms with E-state index in [1.807, 2.05) is 6.07 Å². The molecule has 1 aromatic rings. The van der Waals surface area contributed by atoms with Crippen LogP contribution in [0.5, 0.6) is 11.5 Å². The summed E-state index contributed by atoms with van der Waals surface area (Å²) in [6.07, 6.45) is 1.23. The van der Waals surface area contributed by atoms with Gasteiger partial charge in [0.15, 0.2) is 11.5 Å². The summed E-state index contributed by atoms with van der Waals surface area (Å²) in [5.74, 6) is 1.21. The van der Waals surface area contributed by atoms with Gasteiger partial charge >= 0.3 is 6.09 Å². The van der Waals surface area contributed by atoms with Crippen LogP contribution in [0.15, 0.2) is 18.2 Å². The molecule has 2 aliphatic heterocycles. The first kappa shape index (κ1) is 19.3. The van der Waals surface area contributed by atoms with Crippen molar-refractivity contribution >= 4 is 12.0 Å². The molecule has 2 N–H and O–H groups in total. The summed E-state index contributed by atoms with van der Waals surface area (Å²) in [6.45, 7) is 1.72. The van der Waals surface area contributed by atoms with E-state index in [0.29, 0.717) is 44.0 Å². The lowest BCUT2D eigenvalue weighted by atomic mass is 9.91. The van der Waals surface area contributed by atoms with Crippen molar-refractivity contribution in [3.63, 3.8) is 0 Å². The van der Waals surface area contributed by atoms with Crippen molar-refractivity contribution in [2.75, 3.05) is 40.9 Å². The molecule has 2 saturated heterocycles. The lowest BCUT2D eigenvalue weighted by Crippen LogP contribution is -2.49. The van der Waals surface area contributed by atoms with Crippen LogP contribution in [-0.4, -0.2) is 68.3 Å². The molecule has 148 valence electrons. The van der Waals surface area contributed by atoms with Gasteiger partial charge in [-0.2, -0.15) is 0 Å². The molecule has 8 nitrogen and oxygen atoms in total. The number of nitrogens with zero attached hydrogens (tertiary/aromatic N) is 2. The number of benzene rings is 1. The van der Waals surface area contributed by atoms with Crippen molar-refractivity contribution in [2.45, 2.75) is 30.9 Å². The summed E-state index contributed by atoms with van der Waals surface area (Å²) in [7, 11) is 4.87. The molecular weight excluding hydrogens is 350 g/mol. The van der Waals surface area contributed by atoms with Crippen LogP contribution in [0.3, 0.4) is 0 Å². The Bertz CT molecular complexity index is 715. The molecule has 2 heterocycles. The van der Waals surface area contributed by atoms with Gasteiger partial charge in [0.05, 0.1) is 20.8 Å². The maximum atomic E-state index is 12.7. The molecule has 1 aromatic carbocycles. The normalized spacial score (nSPS) is 19.8. The highest BCUT2D eigenvalue weighted by molar-refractivity contribution is 5.77. The Morgan fingerprint density at radius 1 is 1.26 bits per heavy atom. The molecule has 8 heteroatoms. The molecule has 1 spiro atoms. The molecule has 0 radical (unpaired) electrons. The summed E-state index contributed by atoms with van der Waals surface area (Å²) in [5, 5.41) is 0. The number of likely N-dealkylation sites (N-methyl/N-ethyl adjacent to an activating group) is 1. The van der Waals surface area contributed by atoms with Crippen LogP contribution in [0.4, 0.5) is 4.79 Å². The molecule has 0 saturated carbocycles. The third kappa shape index (κ3) is 3.95. The first-order valence-electron chi connectivity index (χ1n) is 9.07. The van der Waals surface area contributed by atoms with E-state index in [1.54, 1.807) is 43.2 Å². The van der Waals surface area contributed by atoms with Crippen molar-refractivity contribution in [1.29, 1.82) is 0 Å². The van der Waals surface area contributed by atoms with Crippen LogP contribution >= 0.6 is 0 Å². The van der Waals surface area contributed by atoms with Crippen LogP contribution in [0.25, 0.3) is 0 Å². The third-order valence-corrected chi connectivity index (χ3v) is 5.40. The second-order valence-electron chi connectivity index (χ2n) is 7.21. The largest absolute Gasteiger partial charge is 0.493 e. The number of rotatable bonds is 5. The fourth-order valence-electron chi connectivity index (χ4n) is 3.73. The number of nitrogens with two attached hydrogens (primary N) is 1. The molecular formula is C19H27N3O5. The first-order valence-corrected chi connectivity index (χ1v) is 9.07. The Hall–Kier alpha value is -2.48. The van der Waals surface area contributed by atoms with Gasteiger partial charge in [0.1, 0.15) is 5.60 Å². The Labute approximate surface area is 159 Å². The summed E-state index contributed by atoms with van der Waals surface area (Å²) in [5.41, 5.74) is 6.62. The summed E-state index contributed by atoms with van der Waals surface area (Å²) < 4.78 is 16.1. The molecule has 1 unspecified atom stereocenters. The van der Waals surface area contributed by atoms with Crippen molar-refractivity contribution in [1.82, 2.24) is 9.80 Å². The van der Waals surface area contributed by atoms with Gasteiger partial charge in [-0.15, -0.1) is 0 Å². The summed E-state index contributed by atoms with van der Waals surface area (Å²) in [4.78, 5) is 27.7. The Morgan fingerprint density at radius 2 is 1.93 bits per heavy atom. The van der Waals surface area contributed by atoms with Gasteiger partial charge in [0.2, 0.25) is 5.91 Å². The molecule has 27 heavy (non-hydrogen) atoms. The smallest absolute Gasteiger partial charge is 0.410 e. The fraction of sp³-hybridized carbons (Fsp3) is 0.579. The second kappa shape index (κ2) is 7.64. The monoisotopic (exact) mass is 377 g/mol. The zero-order valence-electron chi connectivity index (χ0n) is 16.1. The van der Waals surface area contributed by atoms with E-state index >= 15 is 0 Å².